The second kappa shape index (κ2) is 5.23. The van der Waals surface area contributed by atoms with Crippen LogP contribution in [0, 0.1) is 5.95 Å². The van der Waals surface area contributed by atoms with Gasteiger partial charge in [-0.2, -0.15) is 4.39 Å². The Morgan fingerprint density at radius 2 is 2.29 bits per heavy atom. The summed E-state index contributed by atoms with van der Waals surface area (Å²) in [6.45, 7) is 0. The van der Waals surface area contributed by atoms with Crippen LogP contribution in [0.15, 0.2) is 18.2 Å². The van der Waals surface area contributed by atoms with Crippen LogP contribution in [0.25, 0.3) is 0 Å². The molecule has 2 rings (SSSR count). The predicted molar refractivity (Wildman–Crippen MR) is 59.9 cm³/mol. The van der Waals surface area contributed by atoms with Gasteiger partial charge in [-0.15, -0.1) is 0 Å². The molecule has 0 aliphatic heterocycles. The van der Waals surface area contributed by atoms with Crippen molar-refractivity contribution in [3.05, 3.63) is 29.8 Å². The molecule has 0 bridgehead atoms. The number of halogens is 1. The molecule has 0 saturated heterocycles. The molecule has 5 heteroatoms. The van der Waals surface area contributed by atoms with E-state index in [9.17, 15) is 14.3 Å². The lowest BCUT2D eigenvalue weighted by molar-refractivity contribution is 0.0844. The van der Waals surface area contributed by atoms with Crippen molar-refractivity contribution < 1.29 is 14.3 Å². The largest absolute Gasteiger partial charge is 0.393 e. The third kappa shape index (κ3) is 3.23. The molecule has 0 radical (unpaired) electrons. The molecule has 0 aromatic carbocycles. The molecule has 1 heterocycles. The Balaban J connectivity index is 1.97. The minimum atomic E-state index is -0.665. The molecule has 92 valence electrons. The fourth-order valence-corrected chi connectivity index (χ4v) is 2.09. The number of hydrogen-bond acceptors (Lipinski definition) is 3. The summed E-state index contributed by atoms with van der Waals surface area (Å²) in [5, 5.41) is 12.2. The van der Waals surface area contributed by atoms with Crippen LogP contribution in [-0.2, 0) is 0 Å². The maximum absolute atomic E-state index is 12.8. The molecule has 2 N–H and O–H groups in total. The van der Waals surface area contributed by atoms with Crippen molar-refractivity contribution in [3.8, 4) is 0 Å². The molecule has 1 aliphatic carbocycles. The quantitative estimate of drug-likeness (QED) is 0.762. The van der Waals surface area contributed by atoms with E-state index in [0.29, 0.717) is 6.42 Å². The van der Waals surface area contributed by atoms with Crippen molar-refractivity contribution in [2.75, 3.05) is 0 Å². The van der Waals surface area contributed by atoms with Crippen LogP contribution >= 0.6 is 0 Å². The summed E-state index contributed by atoms with van der Waals surface area (Å²) in [5.74, 6) is -1.05. The first-order valence-electron chi connectivity index (χ1n) is 5.76. The van der Waals surface area contributed by atoms with E-state index >= 15 is 0 Å². The minimum absolute atomic E-state index is 0.0451. The van der Waals surface area contributed by atoms with Crippen molar-refractivity contribution in [1.29, 1.82) is 0 Å². The van der Waals surface area contributed by atoms with Gasteiger partial charge in [-0.25, -0.2) is 4.98 Å². The van der Waals surface area contributed by atoms with Crippen molar-refractivity contribution in [2.45, 2.75) is 37.8 Å². The molecule has 1 aliphatic rings. The fourth-order valence-electron chi connectivity index (χ4n) is 2.09. The zero-order valence-corrected chi connectivity index (χ0v) is 9.40. The van der Waals surface area contributed by atoms with Crippen LogP contribution in [0.1, 0.15) is 36.2 Å². The summed E-state index contributed by atoms with van der Waals surface area (Å²) in [5.41, 5.74) is 0.0741. The number of aliphatic hydroxyl groups is 1. The Morgan fingerprint density at radius 1 is 1.47 bits per heavy atom. The van der Waals surface area contributed by atoms with Gasteiger partial charge in [0, 0.05) is 6.04 Å². The maximum Gasteiger partial charge on any atom is 0.270 e. The highest BCUT2D eigenvalue weighted by Crippen LogP contribution is 2.18. The Hall–Kier alpha value is -1.49. The molecule has 1 fully saturated rings. The van der Waals surface area contributed by atoms with Gasteiger partial charge < -0.3 is 10.4 Å². The maximum atomic E-state index is 12.8. The van der Waals surface area contributed by atoms with Gasteiger partial charge in [0.05, 0.1) is 6.10 Å². The van der Waals surface area contributed by atoms with Gasteiger partial charge in [0.2, 0.25) is 5.95 Å². The number of nitrogens with zero attached hydrogens (tertiary/aromatic N) is 1. The number of carbonyl (C=O) groups is 1. The van der Waals surface area contributed by atoms with Gasteiger partial charge in [0.1, 0.15) is 5.69 Å². The number of aliphatic hydroxyl groups excluding tert-OH is 1. The lowest BCUT2D eigenvalue weighted by Crippen LogP contribution is -2.40. The third-order valence-electron chi connectivity index (χ3n) is 2.93. The first-order valence-corrected chi connectivity index (χ1v) is 5.76. The van der Waals surface area contributed by atoms with Crippen molar-refractivity contribution >= 4 is 5.91 Å². The summed E-state index contributed by atoms with van der Waals surface area (Å²) in [7, 11) is 0. The average molecular weight is 238 g/mol. The number of rotatable bonds is 2. The molecule has 1 aromatic heterocycles. The van der Waals surface area contributed by atoms with E-state index in [-0.39, 0.29) is 23.7 Å². The SMILES string of the molecule is O=C(NC1CCCC(O)C1)c1cccc(F)n1. The normalized spacial score (nSPS) is 24.4. The lowest BCUT2D eigenvalue weighted by atomic mass is 9.93. The molecule has 17 heavy (non-hydrogen) atoms. The predicted octanol–water partition coefficient (Wildman–Crippen LogP) is 1.25. The second-order valence-electron chi connectivity index (χ2n) is 4.34. The minimum Gasteiger partial charge on any atom is -0.393 e. The highest BCUT2D eigenvalue weighted by molar-refractivity contribution is 5.92. The van der Waals surface area contributed by atoms with Gasteiger partial charge in [0.15, 0.2) is 0 Å². The fraction of sp³-hybridized carbons (Fsp3) is 0.500. The van der Waals surface area contributed by atoms with Gasteiger partial charge in [-0.05, 0) is 37.8 Å². The number of aromatic nitrogens is 1. The molecule has 2 unspecified atom stereocenters. The molecular formula is C12H15FN2O2. The zero-order chi connectivity index (χ0) is 12.3. The van der Waals surface area contributed by atoms with E-state index in [1.165, 1.54) is 18.2 Å². The summed E-state index contributed by atoms with van der Waals surface area (Å²) in [6.07, 6.45) is 2.72. The van der Waals surface area contributed by atoms with Crippen LogP contribution in [0.4, 0.5) is 4.39 Å². The summed E-state index contributed by atoms with van der Waals surface area (Å²) in [4.78, 5) is 15.3. The molecule has 1 aromatic rings. The van der Waals surface area contributed by atoms with E-state index in [1.54, 1.807) is 0 Å². The molecular weight excluding hydrogens is 223 g/mol. The van der Waals surface area contributed by atoms with Crippen molar-refractivity contribution in [2.24, 2.45) is 0 Å². The Morgan fingerprint density at radius 3 is 3.00 bits per heavy atom. The molecule has 2 atom stereocenters. The Bertz CT molecular complexity index is 411. The van der Waals surface area contributed by atoms with Crippen LogP contribution < -0.4 is 5.32 Å². The third-order valence-corrected chi connectivity index (χ3v) is 2.93. The van der Waals surface area contributed by atoms with E-state index in [2.05, 4.69) is 10.3 Å². The molecule has 0 spiro atoms. The average Bonchev–Trinajstić information content (AvgIpc) is 2.29. The number of pyridine rings is 1. The Labute approximate surface area is 98.9 Å². The van der Waals surface area contributed by atoms with Crippen LogP contribution in [0.2, 0.25) is 0 Å². The van der Waals surface area contributed by atoms with Gasteiger partial charge >= 0.3 is 0 Å². The summed E-state index contributed by atoms with van der Waals surface area (Å²) >= 11 is 0. The van der Waals surface area contributed by atoms with Crippen molar-refractivity contribution in [3.63, 3.8) is 0 Å². The van der Waals surface area contributed by atoms with Crippen LogP contribution in [-0.4, -0.2) is 28.1 Å². The molecule has 1 amide bonds. The zero-order valence-electron chi connectivity index (χ0n) is 9.40. The number of nitrogens with one attached hydrogen (secondary N) is 1. The smallest absolute Gasteiger partial charge is 0.270 e. The Kier molecular flexibility index (Phi) is 3.68. The summed E-state index contributed by atoms with van der Waals surface area (Å²) < 4.78 is 12.8. The lowest BCUT2D eigenvalue weighted by Gasteiger charge is -2.26. The van der Waals surface area contributed by atoms with E-state index in [1.807, 2.05) is 0 Å². The molecule has 1 saturated carbocycles. The highest BCUT2D eigenvalue weighted by Gasteiger charge is 2.22. The first kappa shape index (κ1) is 12.0. The van der Waals surface area contributed by atoms with E-state index < -0.39 is 5.95 Å². The number of hydrogen-bond donors (Lipinski definition) is 2. The highest BCUT2D eigenvalue weighted by atomic mass is 19.1. The van der Waals surface area contributed by atoms with Gasteiger partial charge in [-0.1, -0.05) is 6.07 Å². The van der Waals surface area contributed by atoms with Crippen LogP contribution in [0.3, 0.4) is 0 Å². The van der Waals surface area contributed by atoms with E-state index in [0.717, 1.165) is 19.3 Å². The van der Waals surface area contributed by atoms with Gasteiger partial charge in [-0.3, -0.25) is 4.79 Å². The second-order valence-corrected chi connectivity index (χ2v) is 4.34. The first-order chi connectivity index (χ1) is 8.15. The van der Waals surface area contributed by atoms with Crippen molar-refractivity contribution in [1.82, 2.24) is 10.3 Å². The number of amides is 1. The number of carbonyl (C=O) groups excluding carboxylic acids is 1. The van der Waals surface area contributed by atoms with Crippen LogP contribution in [0.5, 0.6) is 0 Å². The monoisotopic (exact) mass is 238 g/mol. The standard InChI is InChI=1S/C12H15FN2O2/c13-11-6-2-5-10(15-11)12(17)14-8-3-1-4-9(16)7-8/h2,5-6,8-9,16H,1,3-4,7H2,(H,14,17). The molecule has 4 nitrogen and oxygen atoms in total. The van der Waals surface area contributed by atoms with Gasteiger partial charge in [0.25, 0.3) is 5.91 Å². The summed E-state index contributed by atoms with van der Waals surface area (Å²) in [6, 6.07) is 4.07. The topological polar surface area (TPSA) is 62.2 Å². The van der Waals surface area contributed by atoms with E-state index in [4.69, 9.17) is 0 Å².